The zero-order chi connectivity index (χ0) is 32.5. The summed E-state index contributed by atoms with van der Waals surface area (Å²) in [7, 11) is 4.34. The summed E-state index contributed by atoms with van der Waals surface area (Å²) >= 11 is 6.02. The van der Waals surface area contributed by atoms with Crippen molar-refractivity contribution in [1.82, 2.24) is 9.88 Å². The van der Waals surface area contributed by atoms with Gasteiger partial charge in [-0.15, -0.1) is 0 Å². The summed E-state index contributed by atoms with van der Waals surface area (Å²) < 4.78 is 25.3. The van der Waals surface area contributed by atoms with Gasteiger partial charge in [0.05, 0.1) is 41.2 Å². The van der Waals surface area contributed by atoms with Gasteiger partial charge in [-0.3, -0.25) is 24.7 Å². The number of fused-ring (bicyclic) bond motifs is 4. The normalized spacial score (nSPS) is 15.3. The van der Waals surface area contributed by atoms with Crippen LogP contribution in [-0.4, -0.2) is 62.0 Å². The van der Waals surface area contributed by atoms with Crippen molar-refractivity contribution in [2.75, 3.05) is 43.8 Å². The van der Waals surface area contributed by atoms with E-state index >= 15 is 4.39 Å². The molecular formula is C32H35ClFN5O6. The molecule has 1 aliphatic heterocycles. The summed E-state index contributed by atoms with van der Waals surface area (Å²) in [5, 5.41) is 7.88. The average molecular weight is 640 g/mol. The Kier molecular flexibility index (Phi) is 11.4. The second-order valence-electron chi connectivity index (χ2n) is 10.5. The standard InChI is InChI=1S/C32H35ClFN5O6/c1-39(16-15-27(44-2)29-25(35-18-40)14-13-22(33)30(29)34)31(42)21-7-4-5-10-28(41)38-26-17-19(36-32(43)45-3)11-12-20(26)23-8-6-9-24(21)37-23/h6,8-9,11-14,17-18,21,27H,4-5,7,10,15-16H2,1-3H3,(H,35,40)(H,36,43)(H,38,41). The number of rotatable bonds is 9. The smallest absolute Gasteiger partial charge is 0.411 e. The van der Waals surface area contributed by atoms with E-state index in [2.05, 4.69) is 20.7 Å². The van der Waals surface area contributed by atoms with Crippen LogP contribution in [0.4, 0.5) is 26.2 Å². The second-order valence-corrected chi connectivity index (χ2v) is 10.9. The van der Waals surface area contributed by atoms with E-state index < -0.39 is 23.9 Å². The molecule has 3 aromatic rings. The molecule has 0 radical (unpaired) electrons. The second kappa shape index (κ2) is 15.4. The molecule has 2 unspecified atom stereocenters. The molecule has 0 saturated heterocycles. The highest BCUT2D eigenvalue weighted by Gasteiger charge is 2.28. The van der Waals surface area contributed by atoms with Crippen LogP contribution >= 0.6 is 11.6 Å². The predicted octanol–water partition coefficient (Wildman–Crippen LogP) is 6.12. The minimum absolute atomic E-state index is 0.0974. The number of benzene rings is 2. The molecule has 13 heteroatoms. The number of amides is 4. The van der Waals surface area contributed by atoms with Crippen LogP contribution < -0.4 is 16.0 Å². The van der Waals surface area contributed by atoms with Gasteiger partial charge in [0, 0.05) is 49.6 Å². The quantitative estimate of drug-likeness (QED) is 0.240. The van der Waals surface area contributed by atoms with E-state index in [-0.39, 0.29) is 47.5 Å². The van der Waals surface area contributed by atoms with E-state index in [9.17, 15) is 19.2 Å². The molecule has 1 aromatic heterocycles. The van der Waals surface area contributed by atoms with Crippen LogP contribution in [0.1, 0.15) is 55.4 Å². The molecule has 0 spiro atoms. The lowest BCUT2D eigenvalue weighted by Gasteiger charge is -2.27. The number of pyridine rings is 1. The Labute approximate surface area is 265 Å². The maximum Gasteiger partial charge on any atom is 0.411 e. The summed E-state index contributed by atoms with van der Waals surface area (Å²) in [5.74, 6) is -1.70. The van der Waals surface area contributed by atoms with Crippen molar-refractivity contribution in [1.29, 1.82) is 0 Å². The topological polar surface area (TPSA) is 139 Å². The highest BCUT2D eigenvalue weighted by molar-refractivity contribution is 6.31. The Balaban J connectivity index is 1.60. The van der Waals surface area contributed by atoms with E-state index in [1.165, 1.54) is 26.4 Å². The van der Waals surface area contributed by atoms with Crippen LogP contribution in [0.15, 0.2) is 48.5 Å². The van der Waals surface area contributed by atoms with Gasteiger partial charge in [0.25, 0.3) is 0 Å². The summed E-state index contributed by atoms with van der Waals surface area (Å²) in [6, 6.07) is 13.3. The molecule has 2 heterocycles. The highest BCUT2D eigenvalue weighted by atomic mass is 35.5. The molecule has 4 amide bonds. The first-order valence-electron chi connectivity index (χ1n) is 14.4. The van der Waals surface area contributed by atoms with Crippen LogP contribution in [0, 0.1) is 5.82 Å². The molecule has 2 aromatic carbocycles. The van der Waals surface area contributed by atoms with Gasteiger partial charge in [-0.25, -0.2) is 9.18 Å². The lowest BCUT2D eigenvalue weighted by molar-refractivity contribution is -0.132. The summed E-state index contributed by atoms with van der Waals surface area (Å²) in [5.41, 5.74) is 2.94. The number of likely N-dealkylation sites (N-methyl/N-ethyl adjacent to an activating group) is 1. The van der Waals surface area contributed by atoms with Crippen molar-refractivity contribution < 1.29 is 33.0 Å². The zero-order valence-corrected chi connectivity index (χ0v) is 25.9. The number of ether oxygens (including phenoxy) is 2. The Morgan fingerprint density at radius 1 is 1.20 bits per heavy atom. The minimum Gasteiger partial charge on any atom is -0.453 e. The monoisotopic (exact) mass is 639 g/mol. The van der Waals surface area contributed by atoms with E-state index in [0.29, 0.717) is 54.0 Å². The van der Waals surface area contributed by atoms with Crippen LogP contribution in [0.3, 0.4) is 0 Å². The van der Waals surface area contributed by atoms with E-state index in [1.807, 2.05) is 0 Å². The van der Waals surface area contributed by atoms with Crippen molar-refractivity contribution in [2.45, 2.75) is 44.1 Å². The summed E-state index contributed by atoms with van der Waals surface area (Å²) in [6.07, 6.45) is 1.06. The molecule has 2 atom stereocenters. The largest absolute Gasteiger partial charge is 0.453 e. The zero-order valence-electron chi connectivity index (χ0n) is 25.2. The van der Waals surface area contributed by atoms with Crippen molar-refractivity contribution in [3.05, 3.63) is 70.6 Å². The third kappa shape index (κ3) is 8.14. The van der Waals surface area contributed by atoms with Gasteiger partial charge in [0.1, 0.15) is 5.82 Å². The van der Waals surface area contributed by atoms with Crippen LogP contribution in [0.5, 0.6) is 0 Å². The molecule has 0 saturated carbocycles. The van der Waals surface area contributed by atoms with Gasteiger partial charge in [-0.05, 0) is 61.7 Å². The Hall–Kier alpha value is -4.55. The molecule has 3 N–H and O–H groups in total. The van der Waals surface area contributed by atoms with Gasteiger partial charge in [0.15, 0.2) is 0 Å². The molecule has 0 fully saturated rings. The van der Waals surface area contributed by atoms with Gasteiger partial charge in [0.2, 0.25) is 18.2 Å². The number of aromatic nitrogens is 1. The average Bonchev–Trinajstić information content (AvgIpc) is 3.03. The van der Waals surface area contributed by atoms with Crippen molar-refractivity contribution in [2.24, 2.45) is 0 Å². The van der Waals surface area contributed by atoms with E-state index in [4.69, 9.17) is 21.3 Å². The molecular weight excluding hydrogens is 605 g/mol. The maximum atomic E-state index is 15.1. The minimum atomic E-state index is -0.798. The number of hydrogen-bond acceptors (Lipinski definition) is 7. The third-order valence-corrected chi connectivity index (χ3v) is 7.92. The molecule has 0 aliphatic carbocycles. The fraction of sp³-hybridized carbons (Fsp3) is 0.344. The molecule has 1 aliphatic rings. The number of nitrogens with zero attached hydrogens (tertiary/aromatic N) is 2. The SMILES string of the molecule is COC(=O)Nc1ccc2c(c1)NC(=O)CCCCC(C(=O)N(C)CCC(OC)c1c(NC=O)ccc(Cl)c1F)c1cccc-2n1. The Morgan fingerprint density at radius 2 is 2.00 bits per heavy atom. The maximum absolute atomic E-state index is 15.1. The summed E-state index contributed by atoms with van der Waals surface area (Å²) in [4.78, 5) is 56.0. The highest BCUT2D eigenvalue weighted by Crippen LogP contribution is 2.35. The Bertz CT molecular complexity index is 1570. The number of hydrogen-bond donors (Lipinski definition) is 3. The van der Waals surface area contributed by atoms with Crippen molar-refractivity contribution in [3.63, 3.8) is 0 Å². The van der Waals surface area contributed by atoms with Gasteiger partial charge in [-0.2, -0.15) is 0 Å². The Morgan fingerprint density at radius 3 is 2.73 bits per heavy atom. The predicted molar refractivity (Wildman–Crippen MR) is 169 cm³/mol. The lowest BCUT2D eigenvalue weighted by Crippen LogP contribution is -2.34. The van der Waals surface area contributed by atoms with E-state index in [1.54, 1.807) is 48.3 Å². The van der Waals surface area contributed by atoms with Crippen LogP contribution in [0.2, 0.25) is 5.02 Å². The van der Waals surface area contributed by atoms with Gasteiger partial charge >= 0.3 is 6.09 Å². The number of nitrogens with one attached hydrogen (secondary N) is 3. The van der Waals surface area contributed by atoms with Crippen LogP contribution in [0.25, 0.3) is 11.3 Å². The number of halogens is 2. The number of methoxy groups -OCH3 is 2. The first-order chi connectivity index (χ1) is 21.7. The lowest BCUT2D eigenvalue weighted by atomic mass is 9.94. The first kappa shape index (κ1) is 33.3. The number of carbonyl (C=O) groups excluding carboxylic acids is 4. The molecule has 2 bridgehead atoms. The molecule has 45 heavy (non-hydrogen) atoms. The third-order valence-electron chi connectivity index (χ3n) is 7.63. The van der Waals surface area contributed by atoms with Gasteiger partial charge < -0.3 is 25.0 Å². The van der Waals surface area contributed by atoms with Crippen LogP contribution in [-0.2, 0) is 23.9 Å². The first-order valence-corrected chi connectivity index (χ1v) is 14.8. The fourth-order valence-corrected chi connectivity index (χ4v) is 5.46. The molecule has 4 rings (SSSR count). The number of anilines is 3. The number of carbonyl (C=O) groups is 4. The van der Waals surface area contributed by atoms with Crippen molar-refractivity contribution in [3.8, 4) is 11.3 Å². The fourth-order valence-electron chi connectivity index (χ4n) is 5.30. The van der Waals surface area contributed by atoms with Crippen molar-refractivity contribution >= 4 is 53.0 Å². The molecule has 11 nitrogen and oxygen atoms in total. The van der Waals surface area contributed by atoms with Gasteiger partial charge in [-0.1, -0.05) is 24.1 Å². The molecule has 238 valence electrons. The van der Waals surface area contributed by atoms with E-state index in [0.717, 1.165) is 0 Å². The summed E-state index contributed by atoms with van der Waals surface area (Å²) in [6.45, 7) is 0.210.